The van der Waals surface area contributed by atoms with Crippen LogP contribution in [0.25, 0.3) is 0 Å². The molecule has 0 aromatic carbocycles. The molecule has 0 aromatic heterocycles. The second kappa shape index (κ2) is 4.22. The lowest BCUT2D eigenvalue weighted by atomic mass is 9.87. The van der Waals surface area contributed by atoms with Crippen molar-refractivity contribution >= 4 is 0 Å². The summed E-state index contributed by atoms with van der Waals surface area (Å²) in [5, 5.41) is 10.2. The second-order valence-corrected chi connectivity index (χ2v) is 3.91. The molecule has 1 heterocycles. The summed E-state index contributed by atoms with van der Waals surface area (Å²) in [7, 11) is 3.64. The van der Waals surface area contributed by atoms with Crippen molar-refractivity contribution in [3.8, 4) is 0 Å². The van der Waals surface area contributed by atoms with Crippen LogP contribution < -0.4 is 0 Å². The fourth-order valence-electron chi connectivity index (χ4n) is 1.84. The lowest BCUT2D eigenvalue weighted by molar-refractivity contribution is -0.00161. The third-order valence-electron chi connectivity index (χ3n) is 2.64. The number of piperidine rings is 1. The molecule has 0 spiro atoms. The highest BCUT2D eigenvalue weighted by atomic mass is 16.5. The maximum Gasteiger partial charge on any atom is 0.100 e. The van der Waals surface area contributed by atoms with Gasteiger partial charge in [-0.15, -0.1) is 0 Å². The first kappa shape index (κ1) is 10.7. The van der Waals surface area contributed by atoms with E-state index in [1.54, 1.807) is 7.11 Å². The number of likely N-dealkylation sites (tertiary alicyclic amines) is 1. The zero-order valence-electron chi connectivity index (χ0n) is 8.55. The number of nitrogens with zero attached hydrogens (tertiary/aromatic N) is 1. The van der Waals surface area contributed by atoms with E-state index in [9.17, 15) is 5.11 Å². The lowest BCUT2D eigenvalue weighted by Gasteiger charge is -2.38. The Morgan fingerprint density at radius 1 is 1.69 bits per heavy atom. The van der Waals surface area contributed by atoms with Crippen molar-refractivity contribution in [3.63, 3.8) is 0 Å². The number of ether oxygens (including phenoxy) is 1. The molecular formula is C10H19NO2. The van der Waals surface area contributed by atoms with Gasteiger partial charge in [-0.05, 0) is 32.0 Å². The summed E-state index contributed by atoms with van der Waals surface area (Å²) in [5.41, 5.74) is 0.0600. The van der Waals surface area contributed by atoms with Crippen LogP contribution in [0.4, 0.5) is 0 Å². The van der Waals surface area contributed by atoms with Crippen molar-refractivity contribution in [1.82, 2.24) is 4.90 Å². The zero-order valence-corrected chi connectivity index (χ0v) is 8.55. The minimum absolute atomic E-state index is 0.449. The molecule has 1 fully saturated rings. The second-order valence-electron chi connectivity index (χ2n) is 3.91. The van der Waals surface area contributed by atoms with Gasteiger partial charge in [0.15, 0.2) is 0 Å². The summed E-state index contributed by atoms with van der Waals surface area (Å²) in [6, 6.07) is 0. The monoisotopic (exact) mass is 185 g/mol. The molecule has 13 heavy (non-hydrogen) atoms. The standard InChI is InChI=1S/C10H19NO2/c1-9(7-13-3)10(12)5-4-6-11(2)8-10/h12H,1,4-8H2,2-3H3. The molecule has 3 nitrogen and oxygen atoms in total. The van der Waals surface area contributed by atoms with Gasteiger partial charge in [-0.1, -0.05) is 6.58 Å². The molecule has 0 aromatic rings. The van der Waals surface area contributed by atoms with Crippen LogP contribution in [0.1, 0.15) is 12.8 Å². The largest absolute Gasteiger partial charge is 0.384 e. The molecule has 0 amide bonds. The van der Waals surface area contributed by atoms with Crippen molar-refractivity contribution in [2.24, 2.45) is 0 Å². The molecule has 0 saturated carbocycles. The van der Waals surface area contributed by atoms with Crippen molar-refractivity contribution in [3.05, 3.63) is 12.2 Å². The van der Waals surface area contributed by atoms with Crippen LogP contribution in [0, 0.1) is 0 Å². The number of hydrogen-bond acceptors (Lipinski definition) is 3. The third-order valence-corrected chi connectivity index (χ3v) is 2.64. The van der Waals surface area contributed by atoms with E-state index in [1.807, 2.05) is 7.05 Å². The molecule has 0 bridgehead atoms. The Hall–Kier alpha value is -0.380. The van der Waals surface area contributed by atoms with E-state index in [1.165, 1.54) is 0 Å². The topological polar surface area (TPSA) is 32.7 Å². The van der Waals surface area contributed by atoms with Crippen LogP contribution in [0.3, 0.4) is 0 Å². The van der Waals surface area contributed by atoms with E-state index < -0.39 is 5.60 Å². The van der Waals surface area contributed by atoms with Crippen LogP contribution in [0.2, 0.25) is 0 Å². The summed E-state index contributed by atoms with van der Waals surface area (Å²) in [6.07, 6.45) is 1.83. The van der Waals surface area contributed by atoms with E-state index in [-0.39, 0.29) is 0 Å². The predicted molar refractivity (Wildman–Crippen MR) is 52.7 cm³/mol. The van der Waals surface area contributed by atoms with Crippen molar-refractivity contribution < 1.29 is 9.84 Å². The molecule has 1 N–H and O–H groups in total. The molecule has 76 valence electrons. The summed E-state index contributed by atoms with van der Waals surface area (Å²) in [5.74, 6) is 0. The Labute approximate surface area is 80.0 Å². The van der Waals surface area contributed by atoms with Gasteiger partial charge in [0.25, 0.3) is 0 Å². The summed E-state index contributed by atoms with van der Waals surface area (Å²) >= 11 is 0. The number of likely N-dealkylation sites (N-methyl/N-ethyl adjacent to an activating group) is 1. The van der Waals surface area contributed by atoms with Gasteiger partial charge in [-0.25, -0.2) is 0 Å². The third kappa shape index (κ3) is 2.53. The Balaban J connectivity index is 2.57. The summed E-state index contributed by atoms with van der Waals surface area (Å²) in [4.78, 5) is 2.13. The summed E-state index contributed by atoms with van der Waals surface area (Å²) in [6.45, 7) is 6.06. The number of aliphatic hydroxyl groups is 1. The van der Waals surface area contributed by atoms with Gasteiger partial charge in [0.2, 0.25) is 0 Å². The van der Waals surface area contributed by atoms with Gasteiger partial charge < -0.3 is 14.7 Å². The first-order valence-electron chi connectivity index (χ1n) is 4.66. The SMILES string of the molecule is C=C(COC)C1(O)CCCN(C)C1. The number of rotatable bonds is 3. The molecule has 1 aliphatic heterocycles. The molecule has 0 radical (unpaired) electrons. The minimum Gasteiger partial charge on any atom is -0.384 e. The smallest absolute Gasteiger partial charge is 0.100 e. The van der Waals surface area contributed by atoms with Gasteiger partial charge >= 0.3 is 0 Å². The Bertz CT molecular complexity index is 193. The van der Waals surface area contributed by atoms with E-state index in [0.717, 1.165) is 25.0 Å². The molecule has 1 unspecified atom stereocenters. The average Bonchev–Trinajstić information content (AvgIpc) is 2.04. The highest BCUT2D eigenvalue weighted by Crippen LogP contribution is 2.26. The lowest BCUT2D eigenvalue weighted by Crippen LogP contribution is -2.48. The van der Waals surface area contributed by atoms with Crippen molar-refractivity contribution in [2.75, 3.05) is 33.9 Å². The number of methoxy groups -OCH3 is 1. The first-order valence-corrected chi connectivity index (χ1v) is 4.66. The van der Waals surface area contributed by atoms with Gasteiger partial charge in [-0.2, -0.15) is 0 Å². The molecule has 0 aliphatic carbocycles. The fraction of sp³-hybridized carbons (Fsp3) is 0.800. The molecule has 1 rings (SSSR count). The van der Waals surface area contributed by atoms with E-state index in [2.05, 4.69) is 11.5 Å². The Morgan fingerprint density at radius 2 is 2.38 bits per heavy atom. The quantitative estimate of drug-likeness (QED) is 0.655. The predicted octanol–water partition coefficient (Wildman–Crippen LogP) is 0.646. The van der Waals surface area contributed by atoms with E-state index in [4.69, 9.17) is 4.74 Å². The zero-order chi connectivity index (χ0) is 9.90. The fourth-order valence-corrected chi connectivity index (χ4v) is 1.84. The van der Waals surface area contributed by atoms with E-state index in [0.29, 0.717) is 13.2 Å². The molecule has 1 saturated heterocycles. The summed E-state index contributed by atoms with van der Waals surface area (Å²) < 4.78 is 4.98. The van der Waals surface area contributed by atoms with Gasteiger partial charge in [0.1, 0.15) is 5.60 Å². The Morgan fingerprint density at radius 3 is 2.92 bits per heavy atom. The molecule has 1 aliphatic rings. The van der Waals surface area contributed by atoms with Gasteiger partial charge in [0.05, 0.1) is 6.61 Å². The maximum atomic E-state index is 10.2. The maximum absolute atomic E-state index is 10.2. The minimum atomic E-state index is -0.733. The van der Waals surface area contributed by atoms with Gasteiger partial charge in [0, 0.05) is 13.7 Å². The first-order chi connectivity index (χ1) is 6.08. The highest BCUT2D eigenvalue weighted by molar-refractivity contribution is 5.15. The van der Waals surface area contributed by atoms with Crippen LogP contribution in [0.15, 0.2) is 12.2 Å². The highest BCUT2D eigenvalue weighted by Gasteiger charge is 2.34. The molecule has 1 atom stereocenters. The van der Waals surface area contributed by atoms with Crippen molar-refractivity contribution in [2.45, 2.75) is 18.4 Å². The normalized spacial score (nSPS) is 30.4. The Kier molecular flexibility index (Phi) is 3.47. The molecular weight excluding hydrogens is 166 g/mol. The number of β-amino-alcohol motifs (C(OH)–C–C–N with tert-alkyl or cyclic N) is 1. The van der Waals surface area contributed by atoms with Crippen molar-refractivity contribution in [1.29, 1.82) is 0 Å². The van der Waals surface area contributed by atoms with Gasteiger partial charge in [-0.3, -0.25) is 0 Å². The average molecular weight is 185 g/mol. The van der Waals surface area contributed by atoms with Crippen LogP contribution in [-0.2, 0) is 4.74 Å². The van der Waals surface area contributed by atoms with Crippen LogP contribution in [0.5, 0.6) is 0 Å². The molecule has 3 heteroatoms. The van der Waals surface area contributed by atoms with Crippen LogP contribution in [-0.4, -0.2) is 49.5 Å². The number of hydrogen-bond donors (Lipinski definition) is 1. The van der Waals surface area contributed by atoms with Crippen LogP contribution >= 0.6 is 0 Å². The van der Waals surface area contributed by atoms with E-state index >= 15 is 0 Å².